The van der Waals surface area contributed by atoms with Crippen molar-refractivity contribution >= 4 is 29.1 Å². The van der Waals surface area contributed by atoms with E-state index in [1.807, 2.05) is 0 Å². The van der Waals surface area contributed by atoms with Gasteiger partial charge in [0, 0.05) is 17.4 Å². The average Bonchev–Trinajstić information content (AvgIpc) is 2.68. The van der Waals surface area contributed by atoms with E-state index in [0.29, 0.717) is 28.3 Å². The first-order valence-corrected chi connectivity index (χ1v) is 8.04. The Morgan fingerprint density at radius 1 is 1.04 bits per heavy atom. The molecule has 3 rings (SSSR count). The number of esters is 1. The van der Waals surface area contributed by atoms with Crippen LogP contribution < -0.4 is 10.6 Å². The maximum Gasteiger partial charge on any atom is 0.339 e. The van der Waals surface area contributed by atoms with E-state index in [4.69, 9.17) is 4.74 Å². The highest BCUT2D eigenvalue weighted by Crippen LogP contribution is 2.21. The lowest BCUT2D eigenvalue weighted by Crippen LogP contribution is -2.12. The zero-order chi connectivity index (χ0) is 19.2. The second-order valence-electron chi connectivity index (χ2n) is 5.56. The number of anilines is 3. The molecule has 1 amide bonds. The molecule has 0 bridgehead atoms. The van der Waals surface area contributed by atoms with Gasteiger partial charge in [0.15, 0.2) is 0 Å². The van der Waals surface area contributed by atoms with Gasteiger partial charge in [-0.05, 0) is 42.5 Å². The number of pyridine rings is 1. The second kappa shape index (κ2) is 8.09. The van der Waals surface area contributed by atoms with E-state index in [0.717, 1.165) is 0 Å². The van der Waals surface area contributed by atoms with Gasteiger partial charge in [0.2, 0.25) is 0 Å². The van der Waals surface area contributed by atoms with Crippen molar-refractivity contribution in [2.24, 2.45) is 0 Å². The van der Waals surface area contributed by atoms with Crippen molar-refractivity contribution in [3.8, 4) is 0 Å². The number of ether oxygens (including phenoxy) is 1. The van der Waals surface area contributed by atoms with Gasteiger partial charge in [-0.1, -0.05) is 18.2 Å². The van der Waals surface area contributed by atoms with Gasteiger partial charge in [-0.2, -0.15) is 0 Å². The summed E-state index contributed by atoms with van der Waals surface area (Å²) in [5.74, 6) is -0.965. The van der Waals surface area contributed by atoms with Crippen LogP contribution in [0.2, 0.25) is 0 Å². The van der Waals surface area contributed by atoms with E-state index in [9.17, 15) is 14.0 Å². The van der Waals surface area contributed by atoms with Gasteiger partial charge in [0.1, 0.15) is 11.6 Å². The molecule has 0 fully saturated rings. The number of amides is 1. The molecule has 0 saturated carbocycles. The Morgan fingerprint density at radius 2 is 1.85 bits per heavy atom. The predicted octanol–water partition coefficient (Wildman–Crippen LogP) is 4.00. The van der Waals surface area contributed by atoms with Gasteiger partial charge in [-0.15, -0.1) is 0 Å². The first kappa shape index (κ1) is 18.1. The molecule has 2 aromatic carbocycles. The molecule has 0 aliphatic rings. The number of methoxy groups -OCH3 is 1. The van der Waals surface area contributed by atoms with Crippen LogP contribution in [0.3, 0.4) is 0 Å². The molecule has 1 aromatic heterocycles. The molecule has 6 nitrogen and oxygen atoms in total. The van der Waals surface area contributed by atoms with Crippen LogP contribution in [-0.2, 0) is 4.74 Å². The Morgan fingerprint density at radius 3 is 2.63 bits per heavy atom. The Bertz CT molecular complexity index is 991. The second-order valence-corrected chi connectivity index (χ2v) is 5.56. The molecule has 3 aromatic rings. The third-order valence-corrected chi connectivity index (χ3v) is 3.70. The third-order valence-electron chi connectivity index (χ3n) is 3.70. The van der Waals surface area contributed by atoms with Crippen LogP contribution in [0.4, 0.5) is 21.6 Å². The number of halogens is 1. The summed E-state index contributed by atoms with van der Waals surface area (Å²) in [6.45, 7) is 0. The number of rotatable bonds is 5. The number of hydrogen-bond donors (Lipinski definition) is 2. The number of nitrogens with one attached hydrogen (secondary N) is 2. The monoisotopic (exact) mass is 365 g/mol. The van der Waals surface area contributed by atoms with Gasteiger partial charge in [0.25, 0.3) is 5.91 Å². The highest BCUT2D eigenvalue weighted by Gasteiger charge is 2.13. The highest BCUT2D eigenvalue weighted by molar-refractivity contribution is 6.04. The van der Waals surface area contributed by atoms with E-state index < -0.39 is 17.7 Å². The van der Waals surface area contributed by atoms with Crippen LogP contribution in [0, 0.1) is 5.82 Å². The molecule has 0 saturated heterocycles. The topological polar surface area (TPSA) is 80.3 Å². The molecule has 0 spiro atoms. The summed E-state index contributed by atoms with van der Waals surface area (Å²) < 4.78 is 18.0. The fourth-order valence-electron chi connectivity index (χ4n) is 2.43. The zero-order valence-corrected chi connectivity index (χ0v) is 14.4. The quantitative estimate of drug-likeness (QED) is 0.668. The molecular weight excluding hydrogens is 349 g/mol. The molecule has 0 unspecified atom stereocenters. The van der Waals surface area contributed by atoms with Crippen molar-refractivity contribution in [1.29, 1.82) is 0 Å². The molecule has 1 heterocycles. The summed E-state index contributed by atoms with van der Waals surface area (Å²) in [5, 5.41) is 5.62. The third kappa shape index (κ3) is 4.46. The number of hydrogen-bond acceptors (Lipinski definition) is 5. The Labute approximate surface area is 155 Å². The lowest BCUT2D eigenvalue weighted by atomic mass is 10.1. The van der Waals surface area contributed by atoms with Crippen LogP contribution in [-0.4, -0.2) is 24.0 Å². The number of carbonyl (C=O) groups is 2. The SMILES string of the molecule is COC(=O)c1ccccc1Nc1cc(C(=O)Nc2cccc(F)c2)ccn1. The van der Waals surface area contributed by atoms with Crippen LogP contribution >= 0.6 is 0 Å². The molecular formula is C20H16FN3O3. The van der Waals surface area contributed by atoms with Crippen LogP contribution in [0.1, 0.15) is 20.7 Å². The van der Waals surface area contributed by atoms with Crippen molar-refractivity contribution in [2.45, 2.75) is 0 Å². The Balaban J connectivity index is 1.80. The first-order valence-electron chi connectivity index (χ1n) is 8.04. The van der Waals surface area contributed by atoms with E-state index in [-0.39, 0.29) is 0 Å². The summed E-state index contributed by atoms with van der Waals surface area (Å²) in [4.78, 5) is 28.4. The van der Waals surface area contributed by atoms with Crippen molar-refractivity contribution in [3.63, 3.8) is 0 Å². The number of para-hydroxylation sites is 1. The van der Waals surface area contributed by atoms with Crippen molar-refractivity contribution in [1.82, 2.24) is 4.98 Å². The molecule has 7 heteroatoms. The van der Waals surface area contributed by atoms with Gasteiger partial charge in [0.05, 0.1) is 18.4 Å². The zero-order valence-electron chi connectivity index (χ0n) is 14.4. The molecule has 0 aliphatic carbocycles. The standard InChI is InChI=1S/C20H16FN3O3/c1-27-20(26)16-7-2-3-8-17(16)24-18-11-13(9-10-22-18)19(25)23-15-6-4-5-14(21)12-15/h2-12H,1H3,(H,22,24)(H,23,25). The number of nitrogens with zero attached hydrogens (tertiary/aromatic N) is 1. The molecule has 0 radical (unpaired) electrons. The molecule has 136 valence electrons. The minimum atomic E-state index is -0.488. The van der Waals surface area contributed by atoms with Gasteiger partial charge in [-0.3, -0.25) is 4.79 Å². The first-order chi connectivity index (χ1) is 13.1. The molecule has 0 aliphatic heterocycles. The van der Waals surface area contributed by atoms with Crippen molar-refractivity contribution in [3.05, 3.63) is 83.8 Å². The van der Waals surface area contributed by atoms with Gasteiger partial charge in [-0.25, -0.2) is 14.2 Å². The summed E-state index contributed by atoms with van der Waals surface area (Å²) in [6.07, 6.45) is 1.46. The highest BCUT2D eigenvalue weighted by atomic mass is 19.1. The fraction of sp³-hybridized carbons (Fsp3) is 0.0500. The largest absolute Gasteiger partial charge is 0.465 e. The molecule has 27 heavy (non-hydrogen) atoms. The average molecular weight is 365 g/mol. The van der Waals surface area contributed by atoms with E-state index >= 15 is 0 Å². The number of benzene rings is 2. The van der Waals surface area contributed by atoms with E-state index in [1.165, 1.54) is 43.6 Å². The summed E-state index contributed by atoms with van der Waals surface area (Å²) in [7, 11) is 1.30. The van der Waals surface area contributed by atoms with Gasteiger partial charge >= 0.3 is 5.97 Å². The maximum atomic E-state index is 13.2. The lowest BCUT2D eigenvalue weighted by Gasteiger charge is -2.11. The normalized spacial score (nSPS) is 10.1. The molecule has 0 atom stereocenters. The molecule has 2 N–H and O–H groups in total. The summed E-state index contributed by atoms with van der Waals surface area (Å²) in [6, 6.07) is 15.5. The predicted molar refractivity (Wildman–Crippen MR) is 99.7 cm³/mol. The Hall–Kier alpha value is -3.74. The minimum absolute atomic E-state index is 0.326. The summed E-state index contributed by atoms with van der Waals surface area (Å²) in [5.41, 5.74) is 1.52. The number of aromatic nitrogens is 1. The van der Waals surface area contributed by atoms with Crippen LogP contribution in [0.15, 0.2) is 66.9 Å². The number of carbonyl (C=O) groups excluding carboxylic acids is 2. The van der Waals surface area contributed by atoms with Crippen LogP contribution in [0.25, 0.3) is 0 Å². The summed E-state index contributed by atoms with van der Waals surface area (Å²) >= 11 is 0. The lowest BCUT2D eigenvalue weighted by molar-refractivity contribution is 0.0601. The van der Waals surface area contributed by atoms with Crippen LogP contribution in [0.5, 0.6) is 0 Å². The Kier molecular flexibility index (Phi) is 5.41. The van der Waals surface area contributed by atoms with E-state index in [1.54, 1.807) is 30.3 Å². The van der Waals surface area contributed by atoms with E-state index in [2.05, 4.69) is 15.6 Å². The maximum absolute atomic E-state index is 13.2. The smallest absolute Gasteiger partial charge is 0.339 e. The van der Waals surface area contributed by atoms with Crippen molar-refractivity contribution in [2.75, 3.05) is 17.7 Å². The minimum Gasteiger partial charge on any atom is -0.465 e. The van der Waals surface area contributed by atoms with Gasteiger partial charge < -0.3 is 15.4 Å². The van der Waals surface area contributed by atoms with Crippen molar-refractivity contribution < 1.29 is 18.7 Å². The fourth-order valence-corrected chi connectivity index (χ4v) is 2.43.